The first-order valence-corrected chi connectivity index (χ1v) is 8.61. The van der Waals surface area contributed by atoms with Gasteiger partial charge in [0.2, 0.25) is 0 Å². The quantitative estimate of drug-likeness (QED) is 0.634. The van der Waals surface area contributed by atoms with Crippen LogP contribution in [0.3, 0.4) is 0 Å². The van der Waals surface area contributed by atoms with E-state index in [2.05, 4.69) is 0 Å². The first-order chi connectivity index (χ1) is 11.4. The van der Waals surface area contributed by atoms with Gasteiger partial charge in [-0.2, -0.15) is 0 Å². The Morgan fingerprint density at radius 2 is 2.04 bits per heavy atom. The Morgan fingerprint density at radius 3 is 2.58 bits per heavy atom. The van der Waals surface area contributed by atoms with Crippen molar-refractivity contribution in [3.63, 3.8) is 0 Å². The Morgan fingerprint density at radius 1 is 1.42 bits per heavy atom. The third kappa shape index (κ3) is 4.00. The van der Waals surface area contributed by atoms with Crippen LogP contribution in [0.5, 0.6) is 5.75 Å². The number of aliphatic hydroxyl groups excluding tert-OH is 2. The van der Waals surface area contributed by atoms with Crippen molar-refractivity contribution in [3.05, 3.63) is 28.3 Å². The average Bonchev–Trinajstić information content (AvgIpc) is 2.61. The van der Waals surface area contributed by atoms with Gasteiger partial charge in [-0.25, -0.2) is 0 Å². The fourth-order valence-electron chi connectivity index (χ4n) is 3.18. The van der Waals surface area contributed by atoms with Gasteiger partial charge in [-0.1, -0.05) is 18.5 Å². The molecule has 0 spiro atoms. The molecule has 1 aromatic carbocycles. The number of nitrogens with two attached hydrogens (primary N) is 1. The SMILES string of the molecule is CCc1cc(O)c([C@H](N)C2CCN(C(=O)[C@H](O)CO)CC2)cc1Cl. The fourth-order valence-corrected chi connectivity index (χ4v) is 3.49. The number of piperidine rings is 1. The normalized spacial score (nSPS) is 18.5. The van der Waals surface area contributed by atoms with E-state index in [0.717, 1.165) is 12.0 Å². The van der Waals surface area contributed by atoms with Crippen LogP contribution in [0.2, 0.25) is 5.02 Å². The largest absolute Gasteiger partial charge is 0.508 e. The zero-order chi connectivity index (χ0) is 17.9. The summed E-state index contributed by atoms with van der Waals surface area (Å²) in [7, 11) is 0. The second-order valence-corrected chi connectivity index (χ2v) is 6.65. The molecule has 134 valence electrons. The van der Waals surface area contributed by atoms with Crippen LogP contribution >= 0.6 is 11.6 Å². The molecule has 0 unspecified atom stereocenters. The van der Waals surface area contributed by atoms with E-state index < -0.39 is 18.6 Å². The maximum atomic E-state index is 11.9. The lowest BCUT2D eigenvalue weighted by Crippen LogP contribution is -2.46. The molecule has 7 heteroatoms. The zero-order valence-corrected chi connectivity index (χ0v) is 14.5. The number of likely N-dealkylation sites (tertiary alicyclic amines) is 1. The van der Waals surface area contributed by atoms with Crippen molar-refractivity contribution in [2.45, 2.75) is 38.3 Å². The van der Waals surface area contributed by atoms with Gasteiger partial charge < -0.3 is 26.0 Å². The highest BCUT2D eigenvalue weighted by molar-refractivity contribution is 6.31. The first kappa shape index (κ1) is 19.0. The molecule has 1 aliphatic rings. The van der Waals surface area contributed by atoms with Crippen molar-refractivity contribution in [1.82, 2.24) is 4.90 Å². The van der Waals surface area contributed by atoms with Crippen LogP contribution in [0.1, 0.15) is 36.9 Å². The minimum Gasteiger partial charge on any atom is -0.508 e. The molecule has 1 amide bonds. The molecule has 1 aliphatic heterocycles. The Kier molecular flexibility index (Phi) is 6.46. The monoisotopic (exact) mass is 356 g/mol. The molecule has 1 heterocycles. The summed E-state index contributed by atoms with van der Waals surface area (Å²) in [6.45, 7) is 2.33. The molecule has 24 heavy (non-hydrogen) atoms. The summed E-state index contributed by atoms with van der Waals surface area (Å²) in [5, 5.41) is 29.1. The molecule has 2 rings (SSSR count). The van der Waals surface area contributed by atoms with Gasteiger partial charge in [-0.15, -0.1) is 0 Å². The van der Waals surface area contributed by atoms with Crippen LogP contribution < -0.4 is 5.73 Å². The van der Waals surface area contributed by atoms with Crippen molar-refractivity contribution < 1.29 is 20.1 Å². The third-order valence-corrected chi connectivity index (χ3v) is 5.10. The van der Waals surface area contributed by atoms with Crippen molar-refractivity contribution >= 4 is 17.5 Å². The van der Waals surface area contributed by atoms with Crippen LogP contribution in [-0.4, -0.2) is 51.9 Å². The number of phenols is 1. The Balaban J connectivity index is 2.04. The number of hydrogen-bond acceptors (Lipinski definition) is 5. The highest BCUT2D eigenvalue weighted by Crippen LogP contribution is 2.36. The van der Waals surface area contributed by atoms with Crippen LogP contribution in [0.15, 0.2) is 12.1 Å². The Bertz CT molecular complexity index is 588. The lowest BCUT2D eigenvalue weighted by molar-refractivity contribution is -0.143. The van der Waals surface area contributed by atoms with E-state index in [-0.39, 0.29) is 17.7 Å². The van der Waals surface area contributed by atoms with Gasteiger partial charge >= 0.3 is 0 Å². The van der Waals surface area contributed by atoms with Crippen LogP contribution in [0.25, 0.3) is 0 Å². The maximum Gasteiger partial charge on any atom is 0.253 e. The molecule has 0 saturated carbocycles. The number of carbonyl (C=O) groups excluding carboxylic acids is 1. The van der Waals surface area contributed by atoms with E-state index in [0.29, 0.717) is 36.5 Å². The molecule has 0 aliphatic carbocycles. The molecule has 1 fully saturated rings. The maximum absolute atomic E-state index is 11.9. The van der Waals surface area contributed by atoms with E-state index in [1.807, 2.05) is 6.92 Å². The zero-order valence-electron chi connectivity index (χ0n) is 13.8. The van der Waals surface area contributed by atoms with Crippen molar-refractivity contribution in [2.24, 2.45) is 11.7 Å². The molecule has 0 aromatic heterocycles. The first-order valence-electron chi connectivity index (χ1n) is 8.23. The molecule has 1 saturated heterocycles. The van der Waals surface area contributed by atoms with Gasteiger partial charge in [-0.3, -0.25) is 4.79 Å². The number of hydrogen-bond donors (Lipinski definition) is 4. The lowest BCUT2D eigenvalue weighted by atomic mass is 9.85. The number of benzene rings is 1. The van der Waals surface area contributed by atoms with Crippen molar-refractivity contribution in [3.8, 4) is 5.75 Å². The number of amides is 1. The number of carbonyl (C=O) groups is 1. The predicted octanol–water partition coefficient (Wildman–Crippen LogP) is 1.20. The summed E-state index contributed by atoms with van der Waals surface area (Å²) in [6, 6.07) is 3.02. The summed E-state index contributed by atoms with van der Waals surface area (Å²) in [5.41, 5.74) is 7.83. The smallest absolute Gasteiger partial charge is 0.253 e. The van der Waals surface area contributed by atoms with E-state index in [9.17, 15) is 15.0 Å². The van der Waals surface area contributed by atoms with E-state index >= 15 is 0 Å². The number of nitrogens with zero attached hydrogens (tertiary/aromatic N) is 1. The topological polar surface area (TPSA) is 107 Å². The second kappa shape index (κ2) is 8.16. The Labute approximate surface area is 146 Å². The summed E-state index contributed by atoms with van der Waals surface area (Å²) in [6.07, 6.45) is 0.699. The summed E-state index contributed by atoms with van der Waals surface area (Å²) < 4.78 is 0. The number of aromatic hydroxyl groups is 1. The van der Waals surface area contributed by atoms with E-state index in [1.165, 1.54) is 4.90 Å². The third-order valence-electron chi connectivity index (χ3n) is 4.75. The minimum atomic E-state index is -1.36. The number of aliphatic hydroxyl groups is 2. The predicted molar refractivity (Wildman–Crippen MR) is 91.8 cm³/mol. The van der Waals surface area contributed by atoms with Crippen molar-refractivity contribution in [1.29, 1.82) is 0 Å². The average molecular weight is 357 g/mol. The fraction of sp³-hybridized carbons (Fsp3) is 0.588. The van der Waals surface area contributed by atoms with Gasteiger partial charge in [-0.05, 0) is 42.9 Å². The van der Waals surface area contributed by atoms with Crippen LogP contribution in [-0.2, 0) is 11.2 Å². The molecular formula is C17H25ClN2O4. The minimum absolute atomic E-state index is 0.106. The molecule has 0 bridgehead atoms. The van der Waals surface area contributed by atoms with Gasteiger partial charge in [0.1, 0.15) is 5.75 Å². The van der Waals surface area contributed by atoms with Crippen LogP contribution in [0.4, 0.5) is 0 Å². The van der Waals surface area contributed by atoms with Crippen LogP contribution in [0, 0.1) is 5.92 Å². The van der Waals surface area contributed by atoms with E-state index in [4.69, 9.17) is 22.4 Å². The molecule has 0 radical (unpaired) electrons. The number of aryl methyl sites for hydroxylation is 1. The van der Waals surface area contributed by atoms with Gasteiger partial charge in [0.25, 0.3) is 5.91 Å². The standard InChI is InChI=1S/C17H25ClN2O4/c1-2-10-7-14(22)12(8-13(10)18)16(19)11-3-5-20(6-4-11)17(24)15(23)9-21/h7-8,11,15-16,21-23H,2-6,9,19H2,1H3/t15-,16-/m1/s1. The molecule has 1 aromatic rings. The lowest BCUT2D eigenvalue weighted by Gasteiger charge is -2.35. The molecule has 6 nitrogen and oxygen atoms in total. The van der Waals surface area contributed by atoms with E-state index in [1.54, 1.807) is 12.1 Å². The second-order valence-electron chi connectivity index (χ2n) is 6.24. The summed E-state index contributed by atoms with van der Waals surface area (Å²) in [4.78, 5) is 13.4. The molecule has 2 atom stereocenters. The Hall–Kier alpha value is -1.34. The number of halogens is 1. The summed E-state index contributed by atoms with van der Waals surface area (Å²) in [5.74, 6) is -0.199. The molecule has 5 N–H and O–H groups in total. The highest BCUT2D eigenvalue weighted by Gasteiger charge is 2.30. The van der Waals surface area contributed by atoms with Crippen molar-refractivity contribution in [2.75, 3.05) is 19.7 Å². The summed E-state index contributed by atoms with van der Waals surface area (Å²) >= 11 is 6.23. The van der Waals surface area contributed by atoms with Gasteiger partial charge in [0.05, 0.1) is 6.61 Å². The van der Waals surface area contributed by atoms with Gasteiger partial charge in [0.15, 0.2) is 6.10 Å². The van der Waals surface area contributed by atoms with Gasteiger partial charge in [0, 0.05) is 29.7 Å². The highest BCUT2D eigenvalue weighted by atomic mass is 35.5. The number of rotatable bonds is 5. The molecular weight excluding hydrogens is 332 g/mol. The number of phenolic OH excluding ortho intramolecular Hbond substituents is 1.